The van der Waals surface area contributed by atoms with Crippen LogP contribution in [0.5, 0.6) is 0 Å². The first-order valence-corrected chi connectivity index (χ1v) is 4.51. The van der Waals surface area contributed by atoms with Crippen LogP contribution in [0.4, 0.5) is 0 Å². The highest BCUT2D eigenvalue weighted by Crippen LogP contribution is 2.19. The lowest BCUT2D eigenvalue weighted by molar-refractivity contribution is 0.731. The van der Waals surface area contributed by atoms with Crippen LogP contribution in [0.2, 0.25) is 5.15 Å². The maximum absolute atomic E-state index is 5.90. The van der Waals surface area contributed by atoms with Gasteiger partial charge in [0, 0.05) is 12.2 Å². The predicted octanol–water partition coefficient (Wildman–Crippen LogP) is 2.62. The van der Waals surface area contributed by atoms with Crippen LogP contribution < -0.4 is 5.73 Å². The standard InChI is InChI=1S/C10H13ClN2/c1-3-4-9(12)8-6-13-10(11)5-7(8)2/h3,5-6,9H,1,4,12H2,2H3. The molecule has 1 atom stereocenters. The van der Waals surface area contributed by atoms with E-state index in [0.29, 0.717) is 5.15 Å². The molecule has 1 heterocycles. The Labute approximate surface area is 83.4 Å². The normalized spacial score (nSPS) is 12.5. The maximum Gasteiger partial charge on any atom is 0.129 e. The Morgan fingerprint density at radius 1 is 1.77 bits per heavy atom. The zero-order valence-corrected chi connectivity index (χ0v) is 8.38. The van der Waals surface area contributed by atoms with Crippen molar-refractivity contribution in [1.82, 2.24) is 4.98 Å². The first-order valence-electron chi connectivity index (χ1n) is 4.13. The Morgan fingerprint density at radius 3 is 3.00 bits per heavy atom. The van der Waals surface area contributed by atoms with E-state index >= 15 is 0 Å². The fourth-order valence-electron chi connectivity index (χ4n) is 1.23. The number of halogens is 1. The van der Waals surface area contributed by atoms with Crippen molar-refractivity contribution < 1.29 is 0 Å². The van der Waals surface area contributed by atoms with E-state index in [1.807, 2.05) is 13.0 Å². The third-order valence-electron chi connectivity index (χ3n) is 1.94. The monoisotopic (exact) mass is 196 g/mol. The second-order valence-corrected chi connectivity index (χ2v) is 3.38. The Bertz CT molecular complexity index is 310. The molecule has 13 heavy (non-hydrogen) atoms. The highest BCUT2D eigenvalue weighted by molar-refractivity contribution is 6.29. The Morgan fingerprint density at radius 2 is 2.46 bits per heavy atom. The van der Waals surface area contributed by atoms with Crippen molar-refractivity contribution in [3.05, 3.63) is 41.2 Å². The lowest BCUT2D eigenvalue weighted by Gasteiger charge is -2.11. The molecule has 0 radical (unpaired) electrons. The SMILES string of the molecule is C=CCC(N)c1cnc(Cl)cc1C. The molecule has 0 aliphatic heterocycles. The first-order chi connectivity index (χ1) is 6.15. The van der Waals surface area contributed by atoms with Crippen molar-refractivity contribution >= 4 is 11.6 Å². The predicted molar refractivity (Wildman–Crippen MR) is 55.7 cm³/mol. The molecule has 70 valence electrons. The van der Waals surface area contributed by atoms with Gasteiger partial charge in [0.1, 0.15) is 5.15 Å². The Kier molecular flexibility index (Phi) is 3.46. The molecule has 1 aromatic rings. The van der Waals surface area contributed by atoms with Crippen molar-refractivity contribution in [1.29, 1.82) is 0 Å². The quantitative estimate of drug-likeness (QED) is 0.596. The van der Waals surface area contributed by atoms with E-state index in [2.05, 4.69) is 11.6 Å². The van der Waals surface area contributed by atoms with Crippen molar-refractivity contribution in [2.75, 3.05) is 0 Å². The summed E-state index contributed by atoms with van der Waals surface area (Å²) >= 11 is 5.73. The van der Waals surface area contributed by atoms with E-state index < -0.39 is 0 Å². The zero-order chi connectivity index (χ0) is 9.84. The number of aryl methyl sites for hydroxylation is 1. The van der Waals surface area contributed by atoms with Crippen LogP contribution in [0, 0.1) is 6.92 Å². The Balaban J connectivity index is 2.94. The summed E-state index contributed by atoms with van der Waals surface area (Å²) in [5.74, 6) is 0. The van der Waals surface area contributed by atoms with Crippen molar-refractivity contribution in [2.24, 2.45) is 5.73 Å². The molecule has 0 aromatic carbocycles. The second-order valence-electron chi connectivity index (χ2n) is 2.99. The van der Waals surface area contributed by atoms with Crippen LogP contribution in [0.25, 0.3) is 0 Å². The number of hydrogen-bond acceptors (Lipinski definition) is 2. The molecule has 0 spiro atoms. The summed E-state index contributed by atoms with van der Waals surface area (Å²) in [5, 5.41) is 0.507. The van der Waals surface area contributed by atoms with Gasteiger partial charge in [0.15, 0.2) is 0 Å². The van der Waals surface area contributed by atoms with Crippen molar-refractivity contribution in [2.45, 2.75) is 19.4 Å². The molecular formula is C10H13ClN2. The number of nitrogens with zero attached hydrogens (tertiary/aromatic N) is 1. The number of pyridine rings is 1. The molecule has 0 saturated carbocycles. The van der Waals surface area contributed by atoms with Crippen LogP contribution in [-0.2, 0) is 0 Å². The molecule has 1 rings (SSSR count). The van der Waals surface area contributed by atoms with Gasteiger partial charge < -0.3 is 5.73 Å². The molecule has 3 heteroatoms. The minimum Gasteiger partial charge on any atom is -0.324 e. The third kappa shape index (κ3) is 2.54. The molecule has 0 amide bonds. The van der Waals surface area contributed by atoms with Gasteiger partial charge in [-0.25, -0.2) is 4.98 Å². The fourth-order valence-corrected chi connectivity index (χ4v) is 1.44. The smallest absolute Gasteiger partial charge is 0.129 e. The average Bonchev–Trinajstić information content (AvgIpc) is 2.04. The highest BCUT2D eigenvalue weighted by Gasteiger charge is 2.07. The lowest BCUT2D eigenvalue weighted by atomic mass is 10.0. The van der Waals surface area contributed by atoms with Gasteiger partial charge in [0.05, 0.1) is 0 Å². The number of rotatable bonds is 3. The van der Waals surface area contributed by atoms with Gasteiger partial charge in [-0.3, -0.25) is 0 Å². The largest absolute Gasteiger partial charge is 0.324 e. The minimum atomic E-state index is -0.0257. The average molecular weight is 197 g/mol. The zero-order valence-electron chi connectivity index (χ0n) is 7.63. The van der Waals surface area contributed by atoms with E-state index in [4.69, 9.17) is 17.3 Å². The van der Waals surface area contributed by atoms with Gasteiger partial charge in [-0.2, -0.15) is 0 Å². The van der Waals surface area contributed by atoms with Crippen LogP contribution in [0.1, 0.15) is 23.6 Å². The second kappa shape index (κ2) is 4.40. The van der Waals surface area contributed by atoms with E-state index in [-0.39, 0.29) is 6.04 Å². The van der Waals surface area contributed by atoms with Crippen molar-refractivity contribution in [3.63, 3.8) is 0 Å². The molecule has 2 N–H and O–H groups in total. The van der Waals surface area contributed by atoms with Crippen LogP contribution in [0.3, 0.4) is 0 Å². The van der Waals surface area contributed by atoms with E-state index in [1.54, 1.807) is 12.3 Å². The molecule has 0 fully saturated rings. The molecule has 0 aliphatic rings. The third-order valence-corrected chi connectivity index (χ3v) is 2.14. The molecule has 2 nitrogen and oxygen atoms in total. The van der Waals surface area contributed by atoms with E-state index in [1.165, 1.54) is 0 Å². The minimum absolute atomic E-state index is 0.0257. The number of hydrogen-bond donors (Lipinski definition) is 1. The highest BCUT2D eigenvalue weighted by atomic mass is 35.5. The molecule has 0 saturated heterocycles. The Hall–Kier alpha value is -0.860. The lowest BCUT2D eigenvalue weighted by Crippen LogP contribution is -2.11. The van der Waals surface area contributed by atoms with Crippen LogP contribution in [0.15, 0.2) is 24.9 Å². The van der Waals surface area contributed by atoms with Crippen molar-refractivity contribution in [3.8, 4) is 0 Å². The number of nitrogens with two attached hydrogens (primary N) is 1. The van der Waals surface area contributed by atoms with Gasteiger partial charge in [0.25, 0.3) is 0 Å². The topological polar surface area (TPSA) is 38.9 Å². The summed E-state index contributed by atoms with van der Waals surface area (Å²) in [6, 6.07) is 1.79. The molecule has 1 unspecified atom stereocenters. The first kappa shape index (κ1) is 10.2. The van der Waals surface area contributed by atoms with Gasteiger partial charge in [-0.05, 0) is 30.5 Å². The van der Waals surface area contributed by atoms with Gasteiger partial charge in [-0.15, -0.1) is 6.58 Å². The molecule has 0 bridgehead atoms. The summed E-state index contributed by atoms with van der Waals surface area (Å²) < 4.78 is 0. The van der Waals surface area contributed by atoms with Crippen LogP contribution in [-0.4, -0.2) is 4.98 Å². The van der Waals surface area contributed by atoms with Gasteiger partial charge >= 0.3 is 0 Å². The number of aromatic nitrogens is 1. The summed E-state index contributed by atoms with van der Waals surface area (Å²) in [4.78, 5) is 3.99. The van der Waals surface area contributed by atoms with Crippen LogP contribution >= 0.6 is 11.6 Å². The molecule has 1 aromatic heterocycles. The summed E-state index contributed by atoms with van der Waals surface area (Å²) in [6.45, 7) is 5.62. The molecule has 0 aliphatic carbocycles. The fraction of sp³-hybridized carbons (Fsp3) is 0.300. The summed E-state index contributed by atoms with van der Waals surface area (Å²) in [7, 11) is 0. The summed E-state index contributed by atoms with van der Waals surface area (Å²) in [6.07, 6.45) is 4.29. The van der Waals surface area contributed by atoms with E-state index in [9.17, 15) is 0 Å². The summed E-state index contributed by atoms with van der Waals surface area (Å²) in [5.41, 5.74) is 8.01. The van der Waals surface area contributed by atoms with Gasteiger partial charge in [0.2, 0.25) is 0 Å². The van der Waals surface area contributed by atoms with Gasteiger partial charge in [-0.1, -0.05) is 17.7 Å². The van der Waals surface area contributed by atoms with E-state index in [0.717, 1.165) is 17.5 Å². The maximum atomic E-state index is 5.90. The molecular weight excluding hydrogens is 184 g/mol.